The Hall–Kier alpha value is -2.26. The van der Waals surface area contributed by atoms with Crippen LogP contribution in [0.15, 0.2) is 42.5 Å². The number of hydrogen-bond donors (Lipinski definition) is 1. The zero-order chi connectivity index (χ0) is 22.9. The second-order valence-corrected chi connectivity index (χ2v) is 10.0. The van der Waals surface area contributed by atoms with Crippen LogP contribution in [-0.2, 0) is 5.41 Å². The molecule has 2 amide bonds. The van der Waals surface area contributed by atoms with Gasteiger partial charge in [-0.2, -0.15) is 5.26 Å². The Balaban J connectivity index is 1.47. The molecule has 2 fully saturated rings. The number of likely N-dealkylation sites (N-methyl/N-ethyl adjacent to an activating group) is 1. The van der Waals surface area contributed by atoms with Gasteiger partial charge in [0.1, 0.15) is 0 Å². The molecule has 0 spiro atoms. The molecule has 0 heterocycles. The molecule has 2 saturated carbocycles. The predicted octanol–water partition coefficient (Wildman–Crippen LogP) is 5.77. The summed E-state index contributed by atoms with van der Waals surface area (Å²) in [7, 11) is 4.04. The van der Waals surface area contributed by atoms with Crippen LogP contribution in [0.5, 0.6) is 0 Å². The van der Waals surface area contributed by atoms with E-state index >= 15 is 0 Å². The van der Waals surface area contributed by atoms with Gasteiger partial charge in [-0.15, -0.1) is 0 Å². The van der Waals surface area contributed by atoms with Crippen LogP contribution < -0.4 is 5.32 Å². The molecule has 3 atom stereocenters. The number of anilines is 1. The minimum Gasteiger partial charge on any atom is -0.320 e. The summed E-state index contributed by atoms with van der Waals surface area (Å²) in [5.41, 5.74) is 2.82. The molecule has 0 aromatic heterocycles. The molecule has 7 heteroatoms. The van der Waals surface area contributed by atoms with Gasteiger partial charge in [-0.05, 0) is 87.0 Å². The molecule has 0 radical (unpaired) electrons. The van der Waals surface area contributed by atoms with Crippen LogP contribution >= 0.6 is 23.2 Å². The molecule has 2 aliphatic rings. The summed E-state index contributed by atoms with van der Waals surface area (Å²) in [6.45, 7) is 1.46. The van der Waals surface area contributed by atoms with Crippen LogP contribution in [0.1, 0.15) is 36.8 Å². The van der Waals surface area contributed by atoms with Crippen molar-refractivity contribution in [1.29, 1.82) is 5.26 Å². The second kappa shape index (κ2) is 9.31. The standard InChI is InChI=1S/C25H28Cl2N4O/c1-30(2)10-11-31(24(32)29-20-6-7-22(26)23(27)14-20)21-8-9-25(15-19(25)13-21)18-5-3-4-17(12-18)16-28/h3-7,12,14,19,21H,8-11,13,15H2,1-2H3,(H,29,32)/t19?,21-,25-/m1/s1. The summed E-state index contributed by atoms with van der Waals surface area (Å²) in [5, 5.41) is 13.2. The molecule has 0 saturated heterocycles. The van der Waals surface area contributed by atoms with Crippen molar-refractivity contribution < 1.29 is 4.79 Å². The molecule has 0 aliphatic heterocycles. The lowest BCUT2D eigenvalue weighted by molar-refractivity contribution is 0.153. The topological polar surface area (TPSA) is 59.4 Å². The van der Waals surface area contributed by atoms with Gasteiger partial charge in [0.2, 0.25) is 0 Å². The number of nitriles is 1. The maximum Gasteiger partial charge on any atom is 0.322 e. The number of rotatable bonds is 6. The third-order valence-electron chi connectivity index (χ3n) is 6.94. The number of carbonyl (C=O) groups excluding carboxylic acids is 1. The summed E-state index contributed by atoms with van der Waals surface area (Å²) >= 11 is 12.1. The van der Waals surface area contributed by atoms with Crippen LogP contribution in [0.2, 0.25) is 10.0 Å². The molecule has 2 aromatic rings. The van der Waals surface area contributed by atoms with E-state index in [1.54, 1.807) is 18.2 Å². The van der Waals surface area contributed by atoms with E-state index in [2.05, 4.69) is 22.4 Å². The van der Waals surface area contributed by atoms with Crippen molar-refractivity contribution in [3.05, 3.63) is 63.6 Å². The predicted molar refractivity (Wildman–Crippen MR) is 129 cm³/mol. The number of nitrogens with zero attached hydrogens (tertiary/aromatic N) is 3. The van der Waals surface area contributed by atoms with E-state index < -0.39 is 0 Å². The van der Waals surface area contributed by atoms with Crippen LogP contribution in [0.4, 0.5) is 10.5 Å². The van der Waals surface area contributed by atoms with Crippen molar-refractivity contribution in [2.75, 3.05) is 32.5 Å². The van der Waals surface area contributed by atoms with Gasteiger partial charge in [0.25, 0.3) is 0 Å². The van der Waals surface area contributed by atoms with Crippen LogP contribution in [-0.4, -0.2) is 49.1 Å². The highest BCUT2D eigenvalue weighted by Crippen LogP contribution is 2.62. The summed E-state index contributed by atoms with van der Waals surface area (Å²) in [4.78, 5) is 17.3. The molecule has 0 bridgehead atoms. The molecule has 2 aromatic carbocycles. The van der Waals surface area contributed by atoms with Crippen molar-refractivity contribution in [2.24, 2.45) is 5.92 Å². The van der Waals surface area contributed by atoms with E-state index in [0.29, 0.717) is 28.2 Å². The summed E-state index contributed by atoms with van der Waals surface area (Å²) in [5.74, 6) is 0.551. The van der Waals surface area contributed by atoms with Crippen molar-refractivity contribution in [3.63, 3.8) is 0 Å². The Bertz CT molecular complexity index is 1050. The highest BCUT2D eigenvalue weighted by atomic mass is 35.5. The van der Waals surface area contributed by atoms with Crippen molar-refractivity contribution >= 4 is 34.9 Å². The number of benzene rings is 2. The lowest BCUT2D eigenvalue weighted by atomic mass is 9.80. The first kappa shape index (κ1) is 22.9. The summed E-state index contributed by atoms with van der Waals surface area (Å²) in [6, 6.07) is 15.5. The fourth-order valence-electron chi connectivity index (χ4n) is 5.07. The van der Waals surface area contributed by atoms with Crippen LogP contribution in [0, 0.1) is 17.2 Å². The third-order valence-corrected chi connectivity index (χ3v) is 7.68. The van der Waals surface area contributed by atoms with E-state index in [-0.39, 0.29) is 17.5 Å². The Morgan fingerprint density at radius 3 is 2.69 bits per heavy atom. The normalized spacial score (nSPS) is 23.9. The number of fused-ring (bicyclic) bond motifs is 1. The van der Waals surface area contributed by atoms with E-state index in [4.69, 9.17) is 23.2 Å². The van der Waals surface area contributed by atoms with Crippen molar-refractivity contribution in [3.8, 4) is 6.07 Å². The van der Waals surface area contributed by atoms with Gasteiger partial charge in [0.15, 0.2) is 0 Å². The van der Waals surface area contributed by atoms with Gasteiger partial charge in [-0.1, -0.05) is 35.3 Å². The Kier molecular flexibility index (Phi) is 6.67. The Labute approximate surface area is 199 Å². The van der Waals surface area contributed by atoms with Gasteiger partial charge >= 0.3 is 6.03 Å². The zero-order valence-electron chi connectivity index (χ0n) is 18.4. The van der Waals surface area contributed by atoms with E-state index in [9.17, 15) is 10.1 Å². The highest BCUT2D eigenvalue weighted by Gasteiger charge is 2.58. The monoisotopic (exact) mass is 470 g/mol. The fraction of sp³-hybridized carbons (Fsp3) is 0.440. The second-order valence-electron chi connectivity index (χ2n) is 9.23. The third kappa shape index (κ3) is 4.73. The molecule has 1 unspecified atom stereocenters. The van der Waals surface area contributed by atoms with Crippen LogP contribution in [0.25, 0.3) is 0 Å². The SMILES string of the molecule is CN(C)CCN(C(=O)Nc1ccc(Cl)c(Cl)c1)[C@@H]1CC[C@]2(c3cccc(C#N)c3)CC2C1. The minimum absolute atomic E-state index is 0.102. The first-order valence-electron chi connectivity index (χ1n) is 11.0. The summed E-state index contributed by atoms with van der Waals surface area (Å²) < 4.78 is 0. The molecular weight excluding hydrogens is 443 g/mol. The Morgan fingerprint density at radius 1 is 1.19 bits per heavy atom. The first-order chi connectivity index (χ1) is 15.3. The Morgan fingerprint density at radius 2 is 2.00 bits per heavy atom. The maximum absolute atomic E-state index is 13.3. The first-order valence-corrected chi connectivity index (χ1v) is 11.8. The lowest BCUT2D eigenvalue weighted by Gasteiger charge is -2.37. The number of urea groups is 1. The minimum atomic E-state index is -0.102. The fourth-order valence-corrected chi connectivity index (χ4v) is 5.37. The van der Waals surface area contributed by atoms with Gasteiger partial charge in [-0.25, -0.2) is 4.79 Å². The molecule has 2 aliphatic carbocycles. The maximum atomic E-state index is 13.3. The average Bonchev–Trinajstić information content (AvgIpc) is 3.51. The smallest absolute Gasteiger partial charge is 0.320 e. The number of nitrogens with one attached hydrogen (secondary N) is 1. The number of carbonyl (C=O) groups is 1. The molecule has 168 valence electrons. The van der Waals surface area contributed by atoms with Gasteiger partial charge in [0, 0.05) is 24.8 Å². The van der Waals surface area contributed by atoms with E-state index in [1.807, 2.05) is 37.2 Å². The molecular formula is C25H28Cl2N4O. The van der Waals surface area contributed by atoms with Gasteiger partial charge in [-0.3, -0.25) is 0 Å². The lowest BCUT2D eigenvalue weighted by Crippen LogP contribution is -2.47. The average molecular weight is 471 g/mol. The van der Waals surface area contributed by atoms with E-state index in [0.717, 1.165) is 37.8 Å². The van der Waals surface area contributed by atoms with Crippen LogP contribution in [0.3, 0.4) is 0 Å². The molecule has 1 N–H and O–H groups in total. The van der Waals surface area contributed by atoms with Crippen molar-refractivity contribution in [1.82, 2.24) is 9.80 Å². The van der Waals surface area contributed by atoms with E-state index in [1.165, 1.54) is 5.56 Å². The van der Waals surface area contributed by atoms with Crippen molar-refractivity contribution in [2.45, 2.75) is 37.1 Å². The van der Waals surface area contributed by atoms with Gasteiger partial charge < -0.3 is 15.1 Å². The number of halogens is 2. The zero-order valence-corrected chi connectivity index (χ0v) is 20.0. The number of amides is 2. The quantitative estimate of drug-likeness (QED) is 0.582. The number of hydrogen-bond acceptors (Lipinski definition) is 3. The largest absolute Gasteiger partial charge is 0.322 e. The van der Waals surface area contributed by atoms with Gasteiger partial charge in [0.05, 0.1) is 21.7 Å². The highest BCUT2D eigenvalue weighted by molar-refractivity contribution is 6.42. The molecule has 32 heavy (non-hydrogen) atoms. The summed E-state index contributed by atoms with van der Waals surface area (Å²) in [6.07, 6.45) is 4.11. The molecule has 5 nitrogen and oxygen atoms in total. The molecule has 4 rings (SSSR count).